The van der Waals surface area contributed by atoms with E-state index in [1.807, 2.05) is 66.3 Å². The van der Waals surface area contributed by atoms with Crippen LogP contribution in [0.15, 0.2) is 73.4 Å². The first-order chi connectivity index (χ1) is 28.6. The van der Waals surface area contributed by atoms with Crippen molar-refractivity contribution in [1.29, 1.82) is 0 Å². The number of benzene rings is 2. The average molecular weight is 805 g/mol. The molecule has 6 heterocycles. The number of hydrogen-bond donors (Lipinski definition) is 3. The molecular weight excluding hydrogens is 757 g/mol. The number of likely N-dealkylation sites (tertiary alicyclic amines) is 1. The summed E-state index contributed by atoms with van der Waals surface area (Å²) < 4.78 is 17.2. The van der Waals surface area contributed by atoms with Crippen LogP contribution in [-0.4, -0.2) is 121 Å². The van der Waals surface area contributed by atoms with Crippen molar-refractivity contribution in [3.05, 3.63) is 90.8 Å². The van der Waals surface area contributed by atoms with Gasteiger partial charge in [0.1, 0.15) is 17.9 Å². The maximum atomic E-state index is 13.9. The monoisotopic (exact) mass is 804 g/mol. The van der Waals surface area contributed by atoms with E-state index in [9.17, 15) is 19.2 Å². The van der Waals surface area contributed by atoms with Crippen LogP contribution in [-0.2, 0) is 42.9 Å². The summed E-state index contributed by atoms with van der Waals surface area (Å²) in [5.74, 6) is 0.789. The SMILES string of the molecule is COC(=O)N[C@H](C(=O)N1CCC[C@H]1c1ncc(-c2ccc(-c3ccc(-c4cnc([C@]56CCCN5C(=O)[C@H](Cc5cn(C)cn5)N6C(=O)OC)[nH]4)cc3)cc2)[nH]1)[C@@H](C)OC. The lowest BCUT2D eigenvalue weighted by molar-refractivity contribution is -0.137. The van der Waals surface area contributed by atoms with Gasteiger partial charge in [-0.15, -0.1) is 0 Å². The van der Waals surface area contributed by atoms with Crippen LogP contribution in [0.5, 0.6) is 0 Å². The number of alkyl carbamates (subject to hydrolysis) is 1. The van der Waals surface area contributed by atoms with Gasteiger partial charge in [0.15, 0.2) is 11.5 Å². The summed E-state index contributed by atoms with van der Waals surface area (Å²) >= 11 is 0. The highest BCUT2D eigenvalue weighted by atomic mass is 16.5. The van der Waals surface area contributed by atoms with Crippen molar-refractivity contribution in [1.82, 2.24) is 49.5 Å². The Morgan fingerprint density at radius 1 is 0.881 bits per heavy atom. The van der Waals surface area contributed by atoms with Crippen molar-refractivity contribution in [3.8, 4) is 33.6 Å². The Morgan fingerprint density at radius 2 is 1.54 bits per heavy atom. The molecule has 3 fully saturated rings. The number of H-pyrrole nitrogens is 2. The summed E-state index contributed by atoms with van der Waals surface area (Å²) in [5, 5.41) is 2.62. The van der Waals surface area contributed by atoms with Crippen LogP contribution < -0.4 is 5.32 Å². The molecule has 17 heteroatoms. The van der Waals surface area contributed by atoms with E-state index in [0.717, 1.165) is 46.5 Å². The molecule has 4 amide bonds. The molecule has 0 unspecified atom stereocenters. The van der Waals surface area contributed by atoms with Gasteiger partial charge in [0.2, 0.25) is 11.8 Å². The lowest BCUT2D eigenvalue weighted by Crippen LogP contribution is -2.54. The Morgan fingerprint density at radius 3 is 2.17 bits per heavy atom. The molecule has 2 aromatic carbocycles. The van der Waals surface area contributed by atoms with E-state index in [1.54, 1.807) is 40.3 Å². The standard InChI is InChI=1S/C42H48N10O7/c1-25(57-3)35(48-40(55)58-4)38(54)50-18-6-8-33(50)36-43-21-31(46-36)28-13-9-26(10-14-28)27-11-15-29(16-12-27)32-22-44-39(47-32)42-17-7-19-51(42)37(53)34(52(42)41(56)59-5)20-30-23-49(2)24-45-30/h9-16,21-25,33-35H,6-8,17-20H2,1-5H3,(H,43,46)(H,44,47)(H,48,55)/t25-,33+,34+,35+,42-/m1/s1. The minimum absolute atomic E-state index is 0.148. The molecule has 308 valence electrons. The zero-order valence-corrected chi connectivity index (χ0v) is 33.7. The number of nitrogens with one attached hydrogen (secondary N) is 3. The minimum atomic E-state index is -1.10. The Balaban J connectivity index is 0.971. The summed E-state index contributed by atoms with van der Waals surface area (Å²) in [7, 11) is 5.95. The number of aromatic amines is 2. The number of amides is 4. The smallest absolute Gasteiger partial charge is 0.412 e. The van der Waals surface area contributed by atoms with Crippen LogP contribution in [0.2, 0.25) is 0 Å². The predicted octanol–water partition coefficient (Wildman–Crippen LogP) is 4.76. The van der Waals surface area contributed by atoms with Gasteiger partial charge in [-0.05, 0) is 54.9 Å². The van der Waals surface area contributed by atoms with E-state index < -0.39 is 36.0 Å². The molecule has 3 aliphatic heterocycles. The minimum Gasteiger partial charge on any atom is -0.453 e. The summed E-state index contributed by atoms with van der Waals surface area (Å²) in [5.41, 5.74) is 5.08. The molecule has 0 aliphatic carbocycles. The number of methoxy groups -OCH3 is 3. The van der Waals surface area contributed by atoms with Gasteiger partial charge in [-0.3, -0.25) is 14.5 Å². The fourth-order valence-electron chi connectivity index (χ4n) is 8.78. The van der Waals surface area contributed by atoms with Crippen molar-refractivity contribution in [3.63, 3.8) is 0 Å². The maximum Gasteiger partial charge on any atom is 0.412 e. The maximum absolute atomic E-state index is 13.9. The fraction of sp³-hybridized carbons (Fsp3) is 0.405. The highest BCUT2D eigenvalue weighted by Crippen LogP contribution is 2.48. The van der Waals surface area contributed by atoms with E-state index in [-0.39, 0.29) is 24.3 Å². The molecular formula is C42H48N10O7. The number of hydrogen-bond acceptors (Lipinski definition) is 10. The molecule has 5 atom stereocenters. The first-order valence-electron chi connectivity index (χ1n) is 19.7. The molecule has 3 aliphatic rings. The van der Waals surface area contributed by atoms with Crippen molar-refractivity contribution >= 4 is 24.0 Å². The zero-order chi connectivity index (χ0) is 41.4. The Labute approximate surface area is 341 Å². The van der Waals surface area contributed by atoms with Crippen molar-refractivity contribution in [2.45, 2.75) is 68.9 Å². The van der Waals surface area contributed by atoms with Gasteiger partial charge in [-0.25, -0.2) is 24.5 Å². The number of aromatic nitrogens is 6. The Bertz CT molecular complexity index is 2340. The van der Waals surface area contributed by atoms with Crippen LogP contribution in [0.3, 0.4) is 0 Å². The number of aryl methyl sites for hydroxylation is 1. The summed E-state index contributed by atoms with van der Waals surface area (Å²) in [6.07, 6.45) is 8.24. The zero-order valence-electron chi connectivity index (χ0n) is 33.7. The molecule has 3 N–H and O–H groups in total. The lowest BCUT2D eigenvalue weighted by atomic mass is 10.0. The molecule has 3 saturated heterocycles. The van der Waals surface area contributed by atoms with Crippen molar-refractivity contribution in [2.75, 3.05) is 34.4 Å². The van der Waals surface area contributed by atoms with Crippen molar-refractivity contribution < 1.29 is 33.4 Å². The van der Waals surface area contributed by atoms with Gasteiger partial charge in [0, 0.05) is 39.9 Å². The lowest BCUT2D eigenvalue weighted by Gasteiger charge is -2.37. The highest BCUT2D eigenvalue weighted by Gasteiger charge is 2.63. The first-order valence-corrected chi connectivity index (χ1v) is 19.7. The van der Waals surface area contributed by atoms with E-state index >= 15 is 0 Å². The number of ether oxygens (including phenoxy) is 3. The van der Waals surface area contributed by atoms with Gasteiger partial charge in [-0.1, -0.05) is 48.5 Å². The second-order valence-electron chi connectivity index (χ2n) is 15.2. The molecule has 0 saturated carbocycles. The molecule has 17 nitrogen and oxygen atoms in total. The molecule has 5 aromatic rings. The second-order valence-corrected chi connectivity index (χ2v) is 15.2. The molecule has 59 heavy (non-hydrogen) atoms. The van der Waals surface area contributed by atoms with Gasteiger partial charge < -0.3 is 43.9 Å². The largest absolute Gasteiger partial charge is 0.453 e. The van der Waals surface area contributed by atoms with Crippen molar-refractivity contribution in [2.24, 2.45) is 7.05 Å². The van der Waals surface area contributed by atoms with Gasteiger partial charge >= 0.3 is 12.2 Å². The van der Waals surface area contributed by atoms with Crippen LogP contribution in [0.1, 0.15) is 56.0 Å². The van der Waals surface area contributed by atoms with E-state index in [2.05, 4.69) is 25.3 Å². The molecule has 3 aromatic heterocycles. The number of imidazole rings is 3. The Kier molecular flexibility index (Phi) is 10.7. The normalized spacial score (nSPS) is 21.1. The molecule has 8 rings (SSSR count). The molecule has 0 radical (unpaired) electrons. The highest BCUT2D eigenvalue weighted by molar-refractivity contribution is 5.91. The third kappa shape index (κ3) is 7.08. The van der Waals surface area contributed by atoms with Gasteiger partial charge in [0.25, 0.3) is 0 Å². The van der Waals surface area contributed by atoms with Crippen LogP contribution in [0.4, 0.5) is 9.59 Å². The number of nitrogens with zero attached hydrogens (tertiary/aromatic N) is 7. The predicted molar refractivity (Wildman–Crippen MR) is 214 cm³/mol. The summed E-state index contributed by atoms with van der Waals surface area (Å²) in [6, 6.07) is 14.3. The third-order valence-electron chi connectivity index (χ3n) is 11.8. The van der Waals surface area contributed by atoms with Crippen LogP contribution >= 0.6 is 0 Å². The number of carbonyl (C=O) groups is 4. The van der Waals surface area contributed by atoms with Crippen LogP contribution in [0.25, 0.3) is 33.6 Å². The van der Waals surface area contributed by atoms with E-state index in [1.165, 1.54) is 21.3 Å². The van der Waals surface area contributed by atoms with Gasteiger partial charge in [0.05, 0.1) is 62.2 Å². The van der Waals surface area contributed by atoms with E-state index in [0.29, 0.717) is 43.3 Å². The third-order valence-corrected chi connectivity index (χ3v) is 11.8. The molecule has 0 bridgehead atoms. The summed E-state index contributed by atoms with van der Waals surface area (Å²) in [4.78, 5) is 78.8. The summed E-state index contributed by atoms with van der Waals surface area (Å²) in [6.45, 7) is 2.77. The van der Waals surface area contributed by atoms with E-state index in [4.69, 9.17) is 19.2 Å². The van der Waals surface area contributed by atoms with Crippen LogP contribution in [0, 0.1) is 0 Å². The Hall–Kier alpha value is -6.49. The number of rotatable bonds is 11. The number of carbonyl (C=O) groups excluding carboxylic acids is 4. The average Bonchev–Trinajstić information content (AvgIpc) is 4.12. The number of fused-ring (bicyclic) bond motifs is 1. The second kappa shape index (κ2) is 16.0. The topological polar surface area (TPSA) is 193 Å². The first kappa shape index (κ1) is 39.3. The molecule has 0 spiro atoms. The van der Waals surface area contributed by atoms with Gasteiger partial charge in [-0.2, -0.15) is 0 Å². The fourth-order valence-corrected chi connectivity index (χ4v) is 8.78. The quantitative estimate of drug-likeness (QED) is 0.168.